The van der Waals surface area contributed by atoms with Crippen molar-refractivity contribution in [3.05, 3.63) is 65.2 Å². The van der Waals surface area contributed by atoms with E-state index in [1.54, 1.807) is 0 Å². The van der Waals surface area contributed by atoms with Gasteiger partial charge in [-0.3, -0.25) is 0 Å². The lowest BCUT2D eigenvalue weighted by atomic mass is 9.94. The Kier molecular flexibility index (Phi) is 4.65. The SMILES string of the molecule is Cc1ccc(C#N)c(NC(C)(C)CCc2ccccc2)c1. The lowest BCUT2D eigenvalue weighted by molar-refractivity contribution is 0.518. The van der Waals surface area contributed by atoms with Gasteiger partial charge in [-0.2, -0.15) is 5.26 Å². The predicted octanol–water partition coefficient (Wildman–Crippen LogP) is 4.69. The molecule has 2 nitrogen and oxygen atoms in total. The first-order valence-corrected chi connectivity index (χ1v) is 7.33. The van der Waals surface area contributed by atoms with Crippen molar-refractivity contribution in [2.45, 2.75) is 39.2 Å². The predicted molar refractivity (Wildman–Crippen MR) is 88.4 cm³/mol. The molecular formula is C19H22N2. The minimum absolute atomic E-state index is 0.0603. The molecule has 0 bridgehead atoms. The number of nitriles is 1. The van der Waals surface area contributed by atoms with Crippen LogP contribution in [0.1, 0.15) is 37.0 Å². The summed E-state index contributed by atoms with van der Waals surface area (Å²) >= 11 is 0. The minimum Gasteiger partial charge on any atom is -0.379 e. The minimum atomic E-state index is -0.0603. The Balaban J connectivity index is 2.07. The average molecular weight is 278 g/mol. The molecule has 2 aromatic rings. The summed E-state index contributed by atoms with van der Waals surface area (Å²) in [5.74, 6) is 0. The van der Waals surface area contributed by atoms with Crippen LogP contribution >= 0.6 is 0 Å². The number of nitrogens with one attached hydrogen (secondary N) is 1. The number of hydrogen-bond donors (Lipinski definition) is 1. The van der Waals surface area contributed by atoms with Crippen LogP contribution in [0.4, 0.5) is 5.69 Å². The summed E-state index contributed by atoms with van der Waals surface area (Å²) in [5.41, 5.74) is 4.08. The van der Waals surface area contributed by atoms with Crippen LogP contribution in [0, 0.1) is 18.3 Å². The van der Waals surface area contributed by atoms with E-state index in [0.29, 0.717) is 5.56 Å². The van der Waals surface area contributed by atoms with Gasteiger partial charge in [0.25, 0.3) is 0 Å². The topological polar surface area (TPSA) is 35.8 Å². The molecule has 0 radical (unpaired) electrons. The summed E-state index contributed by atoms with van der Waals surface area (Å²) in [5, 5.41) is 12.8. The number of benzene rings is 2. The highest BCUT2D eigenvalue weighted by molar-refractivity contribution is 5.59. The van der Waals surface area contributed by atoms with Gasteiger partial charge in [0.2, 0.25) is 0 Å². The molecule has 0 saturated carbocycles. The van der Waals surface area contributed by atoms with Crippen molar-refractivity contribution in [3.63, 3.8) is 0 Å². The van der Waals surface area contributed by atoms with Crippen molar-refractivity contribution in [1.82, 2.24) is 0 Å². The maximum Gasteiger partial charge on any atom is 0.101 e. The fourth-order valence-electron chi connectivity index (χ4n) is 2.39. The molecule has 2 aromatic carbocycles. The highest BCUT2D eigenvalue weighted by Gasteiger charge is 2.18. The van der Waals surface area contributed by atoms with Crippen LogP contribution in [-0.4, -0.2) is 5.54 Å². The van der Waals surface area contributed by atoms with Crippen LogP contribution < -0.4 is 5.32 Å². The van der Waals surface area contributed by atoms with E-state index in [0.717, 1.165) is 24.1 Å². The van der Waals surface area contributed by atoms with Gasteiger partial charge in [0.05, 0.1) is 11.3 Å². The van der Waals surface area contributed by atoms with Crippen molar-refractivity contribution < 1.29 is 0 Å². The Morgan fingerprint density at radius 1 is 1.10 bits per heavy atom. The molecule has 1 N–H and O–H groups in total. The Hall–Kier alpha value is -2.27. The van der Waals surface area contributed by atoms with E-state index in [4.69, 9.17) is 0 Å². The van der Waals surface area contributed by atoms with Crippen molar-refractivity contribution in [1.29, 1.82) is 5.26 Å². The molecule has 0 aromatic heterocycles. The summed E-state index contributed by atoms with van der Waals surface area (Å²) in [6, 6.07) is 18.7. The highest BCUT2D eigenvalue weighted by Crippen LogP contribution is 2.24. The maximum absolute atomic E-state index is 9.22. The van der Waals surface area contributed by atoms with Crippen LogP contribution in [0.2, 0.25) is 0 Å². The lowest BCUT2D eigenvalue weighted by Gasteiger charge is -2.28. The molecule has 0 fully saturated rings. The van der Waals surface area contributed by atoms with E-state index in [-0.39, 0.29) is 5.54 Å². The lowest BCUT2D eigenvalue weighted by Crippen LogP contribution is -2.31. The van der Waals surface area contributed by atoms with Gasteiger partial charge in [0.15, 0.2) is 0 Å². The highest BCUT2D eigenvalue weighted by atomic mass is 15.0. The molecule has 0 unspecified atom stereocenters. The Bertz CT molecular complexity index is 636. The van der Waals surface area contributed by atoms with E-state index >= 15 is 0 Å². The first kappa shape index (κ1) is 15.1. The van der Waals surface area contributed by atoms with E-state index in [1.807, 2.05) is 31.2 Å². The Morgan fingerprint density at radius 2 is 1.81 bits per heavy atom. The smallest absolute Gasteiger partial charge is 0.101 e. The third kappa shape index (κ3) is 4.36. The van der Waals surface area contributed by atoms with Crippen LogP contribution in [0.3, 0.4) is 0 Å². The van der Waals surface area contributed by atoms with E-state index in [1.165, 1.54) is 5.56 Å². The van der Waals surface area contributed by atoms with Crippen LogP contribution in [0.15, 0.2) is 48.5 Å². The molecule has 2 heteroatoms. The van der Waals surface area contributed by atoms with Gasteiger partial charge in [-0.05, 0) is 56.9 Å². The van der Waals surface area contributed by atoms with Crippen LogP contribution in [0.25, 0.3) is 0 Å². The second-order valence-corrected chi connectivity index (χ2v) is 6.16. The van der Waals surface area contributed by atoms with Gasteiger partial charge in [-0.1, -0.05) is 36.4 Å². The molecule has 0 heterocycles. The molecule has 0 aliphatic heterocycles. The van der Waals surface area contributed by atoms with E-state index in [9.17, 15) is 5.26 Å². The van der Waals surface area contributed by atoms with Crippen LogP contribution in [0.5, 0.6) is 0 Å². The summed E-state index contributed by atoms with van der Waals surface area (Å²) in [7, 11) is 0. The molecule has 0 saturated heterocycles. The zero-order valence-electron chi connectivity index (χ0n) is 13.0. The van der Waals surface area contributed by atoms with Gasteiger partial charge in [0.1, 0.15) is 6.07 Å². The molecule has 0 amide bonds. The van der Waals surface area contributed by atoms with Crippen molar-refractivity contribution in [2.24, 2.45) is 0 Å². The van der Waals surface area contributed by atoms with Crippen molar-refractivity contribution >= 4 is 5.69 Å². The summed E-state index contributed by atoms with van der Waals surface area (Å²) in [6.07, 6.45) is 2.03. The molecule has 0 aliphatic carbocycles. The van der Waals surface area contributed by atoms with Gasteiger partial charge in [-0.15, -0.1) is 0 Å². The normalized spacial score (nSPS) is 11.0. The standard InChI is InChI=1S/C19H22N2/c1-15-9-10-17(14-20)18(13-15)21-19(2,3)12-11-16-7-5-4-6-8-16/h4-10,13,21H,11-12H2,1-3H3. The average Bonchev–Trinajstić information content (AvgIpc) is 2.46. The molecule has 21 heavy (non-hydrogen) atoms. The third-order valence-electron chi connectivity index (χ3n) is 3.65. The Morgan fingerprint density at radius 3 is 2.48 bits per heavy atom. The second-order valence-electron chi connectivity index (χ2n) is 6.16. The zero-order chi connectivity index (χ0) is 15.3. The number of rotatable bonds is 5. The van der Waals surface area contributed by atoms with Crippen molar-refractivity contribution in [3.8, 4) is 6.07 Å². The molecular weight excluding hydrogens is 256 g/mol. The summed E-state index contributed by atoms with van der Waals surface area (Å²) in [6.45, 7) is 6.40. The fourth-order valence-corrected chi connectivity index (χ4v) is 2.39. The molecule has 0 aliphatic rings. The molecule has 0 spiro atoms. The van der Waals surface area contributed by atoms with Crippen molar-refractivity contribution in [2.75, 3.05) is 5.32 Å². The van der Waals surface area contributed by atoms with E-state index in [2.05, 4.69) is 49.5 Å². The maximum atomic E-state index is 9.22. The van der Waals surface area contributed by atoms with Crippen LogP contribution in [-0.2, 0) is 6.42 Å². The number of nitrogens with zero attached hydrogens (tertiary/aromatic N) is 1. The van der Waals surface area contributed by atoms with E-state index < -0.39 is 0 Å². The fraction of sp³-hybridized carbons (Fsp3) is 0.316. The third-order valence-corrected chi connectivity index (χ3v) is 3.65. The summed E-state index contributed by atoms with van der Waals surface area (Å²) < 4.78 is 0. The quantitative estimate of drug-likeness (QED) is 0.861. The Labute approximate surface area is 127 Å². The van der Waals surface area contributed by atoms with Gasteiger partial charge < -0.3 is 5.32 Å². The monoisotopic (exact) mass is 278 g/mol. The van der Waals surface area contributed by atoms with Gasteiger partial charge >= 0.3 is 0 Å². The number of anilines is 1. The largest absolute Gasteiger partial charge is 0.379 e. The zero-order valence-corrected chi connectivity index (χ0v) is 13.0. The second kappa shape index (κ2) is 6.45. The first-order chi connectivity index (χ1) is 10.00. The number of hydrogen-bond acceptors (Lipinski definition) is 2. The molecule has 108 valence electrons. The number of aryl methyl sites for hydroxylation is 2. The molecule has 2 rings (SSSR count). The summed E-state index contributed by atoms with van der Waals surface area (Å²) in [4.78, 5) is 0. The molecule has 0 atom stereocenters. The van der Waals surface area contributed by atoms with Gasteiger partial charge in [-0.25, -0.2) is 0 Å². The van der Waals surface area contributed by atoms with Gasteiger partial charge in [0, 0.05) is 5.54 Å². The first-order valence-electron chi connectivity index (χ1n) is 7.33.